The molecule has 7 heteroatoms. The van der Waals surface area contributed by atoms with Crippen LogP contribution in [0.1, 0.15) is 42.6 Å². The quantitative estimate of drug-likeness (QED) is 0.680. The molecule has 1 aliphatic heterocycles. The van der Waals surface area contributed by atoms with Crippen molar-refractivity contribution in [2.24, 2.45) is 17.8 Å². The largest absolute Gasteiger partial charge is 0.395 e. The monoisotopic (exact) mass is 400 g/mol. The first-order valence-electron chi connectivity index (χ1n) is 11.1. The summed E-state index contributed by atoms with van der Waals surface area (Å²) < 4.78 is 0. The number of anilines is 1. The summed E-state index contributed by atoms with van der Waals surface area (Å²) in [5.41, 5.74) is 0.00134. The van der Waals surface area contributed by atoms with E-state index < -0.39 is 5.60 Å². The molecule has 6 rings (SSSR count). The number of hydrogen-bond donors (Lipinski definition) is 3. The second-order valence-electron chi connectivity index (χ2n) is 9.63. The molecule has 5 aliphatic rings. The van der Waals surface area contributed by atoms with Crippen LogP contribution in [0, 0.1) is 17.8 Å². The maximum Gasteiger partial charge on any atom is 0.270 e. The van der Waals surface area contributed by atoms with Gasteiger partial charge >= 0.3 is 0 Å². The first-order valence-corrected chi connectivity index (χ1v) is 11.1. The summed E-state index contributed by atoms with van der Waals surface area (Å²) in [6.45, 7) is 4.40. The molecule has 0 radical (unpaired) electrons. The number of rotatable bonds is 5. The standard InChI is InChI=1S/C22H32N4O3/c27-9-8-25-4-6-26(7-5-25)19-3-1-2-18(23-19)21(28)24-20-16-10-15-11-17(20)14-22(29,12-15)13-16/h1-3,15-17,20,27,29H,4-14H2,(H,24,28). The molecule has 1 saturated heterocycles. The number of nitrogens with zero attached hydrogens (tertiary/aromatic N) is 3. The van der Waals surface area contributed by atoms with Gasteiger partial charge in [-0.05, 0) is 62.0 Å². The minimum atomic E-state index is -0.478. The summed E-state index contributed by atoms with van der Waals surface area (Å²) in [5.74, 6) is 2.20. The lowest BCUT2D eigenvalue weighted by Crippen LogP contribution is -2.61. The second-order valence-corrected chi connectivity index (χ2v) is 9.63. The third-order valence-electron chi connectivity index (χ3n) is 7.62. The molecule has 5 fully saturated rings. The van der Waals surface area contributed by atoms with Crippen LogP contribution in [0.2, 0.25) is 0 Å². The molecule has 0 aromatic carbocycles. The van der Waals surface area contributed by atoms with Gasteiger partial charge in [-0.1, -0.05) is 6.07 Å². The topological polar surface area (TPSA) is 88.9 Å². The molecule has 3 N–H and O–H groups in total. The molecule has 29 heavy (non-hydrogen) atoms. The first-order chi connectivity index (χ1) is 14.0. The number of hydrogen-bond acceptors (Lipinski definition) is 6. The lowest BCUT2D eigenvalue weighted by atomic mass is 9.52. The SMILES string of the molecule is O=C(NC1C2CC3CC1CC(O)(C3)C2)c1cccc(N2CCN(CCO)CC2)n1. The minimum Gasteiger partial charge on any atom is -0.395 e. The molecular weight excluding hydrogens is 368 g/mol. The maximum absolute atomic E-state index is 13.0. The minimum absolute atomic E-state index is 0.0878. The van der Waals surface area contributed by atoms with Gasteiger partial charge in [-0.2, -0.15) is 0 Å². The molecule has 158 valence electrons. The Balaban J connectivity index is 1.24. The summed E-state index contributed by atoms with van der Waals surface area (Å²) in [6.07, 6.45) is 4.88. The van der Waals surface area contributed by atoms with Gasteiger partial charge in [0.05, 0.1) is 12.2 Å². The molecule has 4 bridgehead atoms. The summed E-state index contributed by atoms with van der Waals surface area (Å²) in [7, 11) is 0. The average molecular weight is 401 g/mol. The number of nitrogens with one attached hydrogen (secondary N) is 1. The van der Waals surface area contributed by atoms with E-state index in [1.807, 2.05) is 12.1 Å². The van der Waals surface area contributed by atoms with Crippen LogP contribution in [0.3, 0.4) is 0 Å². The predicted molar refractivity (Wildman–Crippen MR) is 110 cm³/mol. The Kier molecular flexibility index (Phi) is 5.00. The molecule has 1 aromatic rings. The van der Waals surface area contributed by atoms with Crippen LogP contribution in [0.25, 0.3) is 0 Å². The van der Waals surface area contributed by atoms with E-state index in [0.717, 1.165) is 64.1 Å². The van der Waals surface area contributed by atoms with Crippen molar-refractivity contribution < 1.29 is 15.0 Å². The summed E-state index contributed by atoms with van der Waals surface area (Å²) in [4.78, 5) is 22.1. The molecule has 0 spiro atoms. The number of pyridine rings is 1. The van der Waals surface area contributed by atoms with Crippen LogP contribution < -0.4 is 10.2 Å². The predicted octanol–water partition coefficient (Wildman–Crippen LogP) is 0.865. The van der Waals surface area contributed by atoms with Crippen LogP contribution in [-0.2, 0) is 0 Å². The van der Waals surface area contributed by atoms with E-state index in [9.17, 15) is 9.90 Å². The molecule has 2 unspecified atom stereocenters. The number of aromatic nitrogens is 1. The van der Waals surface area contributed by atoms with Crippen LogP contribution >= 0.6 is 0 Å². The van der Waals surface area contributed by atoms with Crippen molar-refractivity contribution in [1.29, 1.82) is 0 Å². The number of amides is 1. The molecule has 2 atom stereocenters. The van der Waals surface area contributed by atoms with Gasteiger partial charge in [0.15, 0.2) is 0 Å². The zero-order valence-electron chi connectivity index (χ0n) is 17.0. The van der Waals surface area contributed by atoms with Gasteiger partial charge in [0, 0.05) is 38.8 Å². The zero-order chi connectivity index (χ0) is 20.0. The van der Waals surface area contributed by atoms with Crippen molar-refractivity contribution in [3.8, 4) is 0 Å². The van der Waals surface area contributed by atoms with E-state index >= 15 is 0 Å². The van der Waals surface area contributed by atoms with E-state index in [0.29, 0.717) is 30.0 Å². The fourth-order valence-corrected chi connectivity index (χ4v) is 6.51. The molecule has 7 nitrogen and oxygen atoms in total. The molecule has 4 saturated carbocycles. The van der Waals surface area contributed by atoms with Gasteiger partial charge in [-0.15, -0.1) is 0 Å². The molecular formula is C22H32N4O3. The van der Waals surface area contributed by atoms with Gasteiger partial charge in [0.25, 0.3) is 5.91 Å². The number of β-amino-alcohol motifs (C(OH)–C–C–N with tert-alkyl or cyclic N) is 1. The van der Waals surface area contributed by atoms with Gasteiger partial charge in [-0.3, -0.25) is 9.69 Å². The van der Waals surface area contributed by atoms with E-state index in [-0.39, 0.29) is 18.6 Å². The van der Waals surface area contributed by atoms with E-state index in [4.69, 9.17) is 5.11 Å². The van der Waals surface area contributed by atoms with Gasteiger partial charge in [0.2, 0.25) is 0 Å². The lowest BCUT2D eigenvalue weighted by molar-refractivity contribution is -0.136. The number of piperazine rings is 1. The van der Waals surface area contributed by atoms with Crippen molar-refractivity contribution in [1.82, 2.24) is 15.2 Å². The van der Waals surface area contributed by atoms with E-state index in [2.05, 4.69) is 20.1 Å². The van der Waals surface area contributed by atoms with Crippen LogP contribution in [0.5, 0.6) is 0 Å². The highest BCUT2D eigenvalue weighted by molar-refractivity contribution is 5.93. The zero-order valence-corrected chi connectivity index (χ0v) is 17.0. The Bertz CT molecular complexity index is 748. The fraction of sp³-hybridized carbons (Fsp3) is 0.727. The number of carbonyl (C=O) groups is 1. The van der Waals surface area contributed by atoms with Crippen LogP contribution in [-0.4, -0.2) is 77.0 Å². The lowest BCUT2D eigenvalue weighted by Gasteiger charge is -2.58. The van der Waals surface area contributed by atoms with Crippen molar-refractivity contribution >= 4 is 11.7 Å². The normalized spacial score (nSPS) is 36.4. The fourth-order valence-electron chi connectivity index (χ4n) is 6.51. The first kappa shape index (κ1) is 19.3. The Morgan fingerprint density at radius 1 is 1.14 bits per heavy atom. The number of aliphatic hydroxyl groups excluding tert-OH is 1. The molecule has 2 heterocycles. The summed E-state index contributed by atoms with van der Waals surface area (Å²) in [6, 6.07) is 5.85. The molecule has 4 aliphatic carbocycles. The smallest absolute Gasteiger partial charge is 0.270 e. The van der Waals surface area contributed by atoms with E-state index in [1.54, 1.807) is 6.07 Å². The van der Waals surface area contributed by atoms with Crippen molar-refractivity contribution in [3.63, 3.8) is 0 Å². The second kappa shape index (κ2) is 7.52. The summed E-state index contributed by atoms with van der Waals surface area (Å²) in [5, 5.41) is 23.1. The average Bonchev–Trinajstić information content (AvgIpc) is 2.70. The third-order valence-corrected chi connectivity index (χ3v) is 7.62. The van der Waals surface area contributed by atoms with Crippen LogP contribution in [0.15, 0.2) is 18.2 Å². The van der Waals surface area contributed by atoms with Crippen molar-refractivity contribution in [2.75, 3.05) is 44.2 Å². The van der Waals surface area contributed by atoms with Crippen LogP contribution in [0.4, 0.5) is 5.82 Å². The van der Waals surface area contributed by atoms with Gasteiger partial charge in [-0.25, -0.2) is 4.98 Å². The maximum atomic E-state index is 13.0. The molecule has 1 amide bonds. The number of carbonyl (C=O) groups excluding carboxylic acids is 1. The molecule has 1 aromatic heterocycles. The Morgan fingerprint density at radius 2 is 1.86 bits per heavy atom. The number of aliphatic hydroxyl groups is 2. The van der Waals surface area contributed by atoms with Gasteiger partial charge in [0.1, 0.15) is 11.5 Å². The highest BCUT2D eigenvalue weighted by atomic mass is 16.3. The third kappa shape index (κ3) is 3.76. The van der Waals surface area contributed by atoms with Gasteiger partial charge < -0.3 is 20.4 Å². The Hall–Kier alpha value is -1.70. The highest BCUT2D eigenvalue weighted by Crippen LogP contribution is 2.55. The Labute approximate surface area is 172 Å². The summed E-state index contributed by atoms with van der Waals surface area (Å²) >= 11 is 0. The highest BCUT2D eigenvalue weighted by Gasteiger charge is 2.55. The van der Waals surface area contributed by atoms with Crippen molar-refractivity contribution in [2.45, 2.75) is 43.7 Å². The Morgan fingerprint density at radius 3 is 2.52 bits per heavy atom. The van der Waals surface area contributed by atoms with Crippen molar-refractivity contribution in [3.05, 3.63) is 23.9 Å². The van der Waals surface area contributed by atoms with E-state index in [1.165, 1.54) is 0 Å².